The Hall–Kier alpha value is -3.10. The first-order valence-electron chi connectivity index (χ1n) is 6.16. The van der Waals surface area contributed by atoms with Gasteiger partial charge in [-0.25, -0.2) is 9.59 Å². The van der Waals surface area contributed by atoms with Crippen LogP contribution in [-0.2, 0) is 11.8 Å². The Morgan fingerprint density at radius 3 is 2.68 bits per heavy atom. The average molecular weight is 307 g/mol. The quantitative estimate of drug-likeness (QED) is 0.578. The summed E-state index contributed by atoms with van der Waals surface area (Å²) in [6.07, 6.45) is 1.31. The molecule has 0 atom stereocenters. The van der Waals surface area contributed by atoms with Crippen molar-refractivity contribution in [3.63, 3.8) is 0 Å². The number of furan rings is 1. The van der Waals surface area contributed by atoms with Gasteiger partial charge in [0.25, 0.3) is 5.56 Å². The van der Waals surface area contributed by atoms with Crippen LogP contribution < -0.4 is 17.0 Å². The minimum absolute atomic E-state index is 0.176. The summed E-state index contributed by atoms with van der Waals surface area (Å²) in [6, 6.07) is 1.40. The summed E-state index contributed by atoms with van der Waals surface area (Å²) in [6.45, 7) is 0.878. The van der Waals surface area contributed by atoms with Crippen molar-refractivity contribution in [2.75, 3.05) is 12.3 Å². The predicted octanol–water partition coefficient (Wildman–Crippen LogP) is -0.403. The maximum absolute atomic E-state index is 12.0. The molecular weight excluding hydrogens is 294 g/mol. The molecule has 9 nitrogen and oxygen atoms in total. The van der Waals surface area contributed by atoms with Crippen molar-refractivity contribution in [3.05, 3.63) is 50.1 Å². The second-order valence-electron chi connectivity index (χ2n) is 4.47. The van der Waals surface area contributed by atoms with Crippen LogP contribution >= 0.6 is 0 Å². The van der Waals surface area contributed by atoms with E-state index in [1.807, 2.05) is 4.98 Å². The molecule has 0 aliphatic heterocycles. The monoisotopic (exact) mass is 307 g/mol. The van der Waals surface area contributed by atoms with E-state index in [0.29, 0.717) is 5.76 Å². The van der Waals surface area contributed by atoms with Gasteiger partial charge >= 0.3 is 11.7 Å². The average Bonchev–Trinajstić information content (AvgIpc) is 2.88. The molecule has 0 saturated carbocycles. The second-order valence-corrected chi connectivity index (χ2v) is 4.47. The lowest BCUT2D eigenvalue weighted by Gasteiger charge is -2.08. The first-order chi connectivity index (χ1) is 10.3. The number of ether oxygens (including phenoxy) is 1. The number of nitrogen functional groups attached to an aromatic ring is 1. The minimum atomic E-state index is -0.929. The number of aryl methyl sites for hydroxylation is 1. The third kappa shape index (κ3) is 2.68. The summed E-state index contributed by atoms with van der Waals surface area (Å²) in [5.41, 5.74) is 3.65. The van der Waals surface area contributed by atoms with Crippen LogP contribution in [0.4, 0.5) is 5.82 Å². The minimum Gasteiger partial charge on any atom is -0.469 e. The number of carbonyl (C=O) groups excluding carboxylic acids is 2. The maximum Gasteiger partial charge on any atom is 0.342 e. The lowest BCUT2D eigenvalue weighted by Crippen LogP contribution is -2.35. The predicted molar refractivity (Wildman–Crippen MR) is 74.8 cm³/mol. The number of H-pyrrole nitrogens is 1. The van der Waals surface area contributed by atoms with Crippen molar-refractivity contribution in [2.45, 2.75) is 6.92 Å². The van der Waals surface area contributed by atoms with E-state index in [1.54, 1.807) is 6.92 Å². The fourth-order valence-electron chi connectivity index (χ4n) is 1.78. The fraction of sp³-hybridized carbons (Fsp3) is 0.231. The van der Waals surface area contributed by atoms with Crippen molar-refractivity contribution >= 4 is 17.6 Å². The molecule has 0 radical (unpaired) electrons. The molecular formula is C13H13N3O6. The van der Waals surface area contributed by atoms with Gasteiger partial charge < -0.3 is 14.9 Å². The maximum atomic E-state index is 12.0. The van der Waals surface area contributed by atoms with Gasteiger partial charge in [0.2, 0.25) is 5.78 Å². The highest BCUT2D eigenvalue weighted by molar-refractivity contribution is 6.02. The van der Waals surface area contributed by atoms with Gasteiger partial charge in [-0.05, 0) is 13.0 Å². The highest BCUT2D eigenvalue weighted by Crippen LogP contribution is 2.11. The smallest absolute Gasteiger partial charge is 0.342 e. The SMILES string of the molecule is Cc1occc1C(=O)OCC(=O)c1c(N)n(C)c(=O)[nH]c1=O. The van der Waals surface area contributed by atoms with Crippen molar-refractivity contribution in [1.82, 2.24) is 9.55 Å². The molecule has 0 saturated heterocycles. The van der Waals surface area contributed by atoms with E-state index in [1.165, 1.54) is 19.4 Å². The van der Waals surface area contributed by atoms with Gasteiger partial charge in [0.15, 0.2) is 6.61 Å². The Morgan fingerprint density at radius 2 is 2.09 bits per heavy atom. The molecule has 2 aromatic heterocycles. The molecule has 0 amide bonds. The zero-order chi connectivity index (χ0) is 16.4. The van der Waals surface area contributed by atoms with Crippen molar-refractivity contribution in [1.29, 1.82) is 0 Å². The van der Waals surface area contributed by atoms with Crippen LogP contribution in [0, 0.1) is 6.92 Å². The summed E-state index contributed by atoms with van der Waals surface area (Å²) < 4.78 is 10.7. The molecule has 0 bridgehead atoms. The third-order valence-electron chi connectivity index (χ3n) is 3.06. The second kappa shape index (κ2) is 5.72. The molecule has 116 valence electrons. The van der Waals surface area contributed by atoms with E-state index in [0.717, 1.165) is 4.57 Å². The number of nitrogens with zero attached hydrogens (tertiary/aromatic N) is 1. The first kappa shape index (κ1) is 15.3. The van der Waals surface area contributed by atoms with Gasteiger partial charge in [-0.3, -0.25) is 19.1 Å². The Morgan fingerprint density at radius 1 is 1.41 bits per heavy atom. The highest BCUT2D eigenvalue weighted by atomic mass is 16.5. The molecule has 0 aliphatic carbocycles. The number of esters is 1. The summed E-state index contributed by atoms with van der Waals surface area (Å²) in [5, 5.41) is 0. The molecule has 9 heteroatoms. The summed E-state index contributed by atoms with van der Waals surface area (Å²) in [5.74, 6) is -1.53. The van der Waals surface area contributed by atoms with Gasteiger partial charge in [-0.15, -0.1) is 0 Å². The van der Waals surface area contributed by atoms with E-state index in [-0.39, 0.29) is 11.4 Å². The van der Waals surface area contributed by atoms with Gasteiger partial charge in [-0.1, -0.05) is 0 Å². The standard InChI is InChI=1S/C13H13N3O6/c1-6-7(3-4-21-6)12(19)22-5-8(17)9-10(14)16(2)13(20)15-11(9)18/h3-4H,5,14H2,1-2H3,(H,15,18,20). The number of carbonyl (C=O) groups is 2. The number of aromatic amines is 1. The van der Waals surface area contributed by atoms with E-state index >= 15 is 0 Å². The molecule has 0 fully saturated rings. The van der Waals surface area contributed by atoms with Crippen LogP contribution in [-0.4, -0.2) is 27.9 Å². The Balaban J connectivity index is 2.19. The highest BCUT2D eigenvalue weighted by Gasteiger charge is 2.21. The third-order valence-corrected chi connectivity index (χ3v) is 3.06. The van der Waals surface area contributed by atoms with Gasteiger partial charge in [-0.2, -0.15) is 0 Å². The molecule has 0 spiro atoms. The number of nitrogens with one attached hydrogen (secondary N) is 1. The largest absolute Gasteiger partial charge is 0.469 e. The number of ketones is 1. The molecule has 0 aliphatic rings. The van der Waals surface area contributed by atoms with Crippen LogP contribution in [0.15, 0.2) is 26.3 Å². The zero-order valence-corrected chi connectivity index (χ0v) is 11.8. The number of Topliss-reactive ketones (excluding diaryl/α,β-unsaturated/α-hetero) is 1. The van der Waals surface area contributed by atoms with Crippen molar-refractivity contribution in [2.24, 2.45) is 7.05 Å². The number of hydrogen-bond donors (Lipinski definition) is 2. The van der Waals surface area contributed by atoms with E-state index in [4.69, 9.17) is 14.9 Å². The van der Waals surface area contributed by atoms with Crippen molar-refractivity contribution in [3.8, 4) is 0 Å². The Bertz CT molecular complexity index is 857. The molecule has 22 heavy (non-hydrogen) atoms. The normalized spacial score (nSPS) is 10.5. The fourth-order valence-corrected chi connectivity index (χ4v) is 1.78. The number of nitrogens with two attached hydrogens (primary N) is 1. The molecule has 2 heterocycles. The van der Waals surface area contributed by atoms with E-state index in [9.17, 15) is 19.2 Å². The van der Waals surface area contributed by atoms with Gasteiger partial charge in [0.05, 0.1) is 6.26 Å². The molecule has 0 unspecified atom stereocenters. The van der Waals surface area contributed by atoms with Crippen LogP contribution in [0.25, 0.3) is 0 Å². The van der Waals surface area contributed by atoms with Crippen molar-refractivity contribution < 1.29 is 18.7 Å². The number of rotatable bonds is 4. The van der Waals surface area contributed by atoms with Crippen LogP contribution in [0.2, 0.25) is 0 Å². The van der Waals surface area contributed by atoms with E-state index < -0.39 is 35.2 Å². The van der Waals surface area contributed by atoms with E-state index in [2.05, 4.69) is 0 Å². The lowest BCUT2D eigenvalue weighted by molar-refractivity contribution is 0.0472. The summed E-state index contributed by atoms with van der Waals surface area (Å²) >= 11 is 0. The van der Waals surface area contributed by atoms with Gasteiger partial charge in [0, 0.05) is 7.05 Å². The number of anilines is 1. The lowest BCUT2D eigenvalue weighted by atomic mass is 10.2. The topological polar surface area (TPSA) is 137 Å². The molecule has 0 aromatic carbocycles. The number of hydrogen-bond acceptors (Lipinski definition) is 7. The van der Waals surface area contributed by atoms with Gasteiger partial charge in [0.1, 0.15) is 22.7 Å². The number of aromatic nitrogens is 2. The zero-order valence-electron chi connectivity index (χ0n) is 11.8. The van der Waals surface area contributed by atoms with Crippen LogP contribution in [0.3, 0.4) is 0 Å². The molecule has 2 aromatic rings. The Kier molecular flexibility index (Phi) is 3.97. The Labute approximate surface area is 123 Å². The van der Waals surface area contributed by atoms with Crippen LogP contribution in [0.5, 0.6) is 0 Å². The van der Waals surface area contributed by atoms with Crippen LogP contribution in [0.1, 0.15) is 26.5 Å². The first-order valence-corrected chi connectivity index (χ1v) is 6.16. The molecule has 3 N–H and O–H groups in total. The molecule has 2 rings (SSSR count). The summed E-state index contributed by atoms with van der Waals surface area (Å²) in [4.78, 5) is 48.7. The summed E-state index contributed by atoms with van der Waals surface area (Å²) in [7, 11) is 1.30.